The highest BCUT2D eigenvalue weighted by atomic mass is 32.2. The Kier molecular flexibility index (Phi) is 6.72. The van der Waals surface area contributed by atoms with Crippen LogP contribution in [0.2, 0.25) is 0 Å². The van der Waals surface area contributed by atoms with E-state index < -0.39 is 9.84 Å². The zero-order valence-corrected chi connectivity index (χ0v) is 18.1. The molecule has 0 aromatic heterocycles. The smallest absolute Gasteiger partial charge is 0.194 e. The lowest BCUT2D eigenvalue weighted by Crippen LogP contribution is -2.53. The maximum Gasteiger partial charge on any atom is 0.194 e. The number of ether oxygens (including phenoxy) is 1. The van der Waals surface area contributed by atoms with E-state index in [1.165, 1.54) is 12.8 Å². The maximum absolute atomic E-state index is 11.8. The molecule has 156 valence electrons. The van der Waals surface area contributed by atoms with Gasteiger partial charge in [0, 0.05) is 32.8 Å². The highest BCUT2D eigenvalue weighted by molar-refractivity contribution is 7.91. The molecule has 0 aromatic carbocycles. The van der Waals surface area contributed by atoms with Crippen LogP contribution in [0.4, 0.5) is 0 Å². The zero-order chi connectivity index (χ0) is 19.5. The van der Waals surface area contributed by atoms with Crippen LogP contribution in [0, 0.1) is 17.3 Å². The molecule has 0 amide bonds. The zero-order valence-electron chi connectivity index (χ0n) is 17.2. The van der Waals surface area contributed by atoms with Gasteiger partial charge in [-0.3, -0.25) is 4.99 Å². The van der Waals surface area contributed by atoms with Gasteiger partial charge in [-0.1, -0.05) is 20.8 Å². The number of nitrogens with one attached hydrogen (secondary N) is 1. The summed E-state index contributed by atoms with van der Waals surface area (Å²) in [5.74, 6) is 2.33. The third-order valence-electron chi connectivity index (χ3n) is 5.94. The van der Waals surface area contributed by atoms with Crippen molar-refractivity contribution in [1.82, 2.24) is 10.2 Å². The van der Waals surface area contributed by atoms with Crippen LogP contribution in [0.15, 0.2) is 4.99 Å². The first-order valence-corrected chi connectivity index (χ1v) is 12.4. The molecule has 6 nitrogen and oxygen atoms in total. The first-order chi connectivity index (χ1) is 12.7. The number of nitrogens with zero attached hydrogens (tertiary/aromatic N) is 2. The number of sulfone groups is 1. The Morgan fingerprint density at radius 1 is 1.30 bits per heavy atom. The second-order valence-electron chi connectivity index (χ2n) is 9.66. The summed E-state index contributed by atoms with van der Waals surface area (Å²) in [5.41, 5.74) is 0.262. The van der Waals surface area contributed by atoms with E-state index in [0.29, 0.717) is 18.2 Å². The molecule has 0 bridgehead atoms. The van der Waals surface area contributed by atoms with Gasteiger partial charge in [0.1, 0.15) is 0 Å². The van der Waals surface area contributed by atoms with Gasteiger partial charge in [0.15, 0.2) is 15.8 Å². The van der Waals surface area contributed by atoms with E-state index in [-0.39, 0.29) is 23.2 Å². The lowest BCUT2D eigenvalue weighted by Gasteiger charge is -2.43. The van der Waals surface area contributed by atoms with E-state index in [1.807, 2.05) is 0 Å². The maximum atomic E-state index is 11.8. The minimum Gasteiger partial charge on any atom is -0.376 e. The fourth-order valence-electron chi connectivity index (χ4n) is 4.86. The summed E-state index contributed by atoms with van der Waals surface area (Å²) in [4.78, 5) is 7.27. The average molecular weight is 400 g/mol. The van der Waals surface area contributed by atoms with E-state index >= 15 is 0 Å². The molecule has 3 heterocycles. The van der Waals surface area contributed by atoms with Gasteiger partial charge in [0.05, 0.1) is 17.6 Å². The van der Waals surface area contributed by atoms with Crippen molar-refractivity contribution in [3.05, 3.63) is 0 Å². The number of hydrogen-bond donors (Lipinski definition) is 1. The Balaban J connectivity index is 1.66. The molecule has 3 aliphatic rings. The van der Waals surface area contributed by atoms with E-state index in [4.69, 9.17) is 9.73 Å². The number of guanidine groups is 1. The van der Waals surface area contributed by atoms with Crippen LogP contribution in [-0.2, 0) is 14.6 Å². The quantitative estimate of drug-likeness (QED) is 0.580. The molecule has 7 heteroatoms. The van der Waals surface area contributed by atoms with Crippen molar-refractivity contribution in [3.8, 4) is 0 Å². The molecule has 3 aliphatic heterocycles. The summed E-state index contributed by atoms with van der Waals surface area (Å²) >= 11 is 0. The van der Waals surface area contributed by atoms with Crippen molar-refractivity contribution in [1.29, 1.82) is 0 Å². The average Bonchev–Trinajstić information content (AvgIpc) is 2.93. The van der Waals surface area contributed by atoms with E-state index in [1.54, 1.807) is 0 Å². The summed E-state index contributed by atoms with van der Waals surface area (Å²) in [6.45, 7) is 11.2. The number of likely N-dealkylation sites (tertiary alicyclic amines) is 1. The molecule has 3 unspecified atom stereocenters. The topological polar surface area (TPSA) is 71.0 Å². The minimum atomic E-state index is -2.85. The highest BCUT2D eigenvalue weighted by Crippen LogP contribution is 2.32. The lowest BCUT2D eigenvalue weighted by atomic mass is 9.79. The van der Waals surface area contributed by atoms with E-state index in [0.717, 1.165) is 51.5 Å². The standard InChI is InChI=1S/C20H37N3O3S/c1-16-10-20(2,3)15-23(13-16)19(22-12-18-6-4-5-8-26-18)21-11-17-7-9-27(24,25)14-17/h16-18H,4-15H2,1-3H3,(H,21,22). The highest BCUT2D eigenvalue weighted by Gasteiger charge is 2.33. The van der Waals surface area contributed by atoms with Crippen molar-refractivity contribution in [2.45, 2.75) is 59.0 Å². The fourth-order valence-corrected chi connectivity index (χ4v) is 6.71. The molecule has 0 saturated carbocycles. The second kappa shape index (κ2) is 8.68. The van der Waals surface area contributed by atoms with Crippen LogP contribution >= 0.6 is 0 Å². The summed E-state index contributed by atoms with van der Waals surface area (Å²) in [7, 11) is -2.85. The summed E-state index contributed by atoms with van der Waals surface area (Å²) in [6, 6.07) is 0. The van der Waals surface area contributed by atoms with Crippen LogP contribution in [0.1, 0.15) is 52.9 Å². The van der Waals surface area contributed by atoms with Crippen LogP contribution in [-0.4, -0.2) is 69.7 Å². The van der Waals surface area contributed by atoms with Crippen molar-refractivity contribution >= 4 is 15.8 Å². The van der Waals surface area contributed by atoms with Gasteiger partial charge in [-0.25, -0.2) is 8.42 Å². The number of hydrogen-bond acceptors (Lipinski definition) is 4. The van der Waals surface area contributed by atoms with E-state index in [9.17, 15) is 8.42 Å². The van der Waals surface area contributed by atoms with Crippen molar-refractivity contribution in [2.75, 3.05) is 44.3 Å². The molecular formula is C20H37N3O3S. The Morgan fingerprint density at radius 3 is 2.74 bits per heavy atom. The summed E-state index contributed by atoms with van der Waals surface area (Å²) < 4.78 is 29.4. The number of rotatable bonds is 4. The molecule has 0 aromatic rings. The molecule has 0 aliphatic carbocycles. The molecule has 0 radical (unpaired) electrons. The van der Waals surface area contributed by atoms with Gasteiger partial charge >= 0.3 is 0 Å². The van der Waals surface area contributed by atoms with Gasteiger partial charge in [0.2, 0.25) is 0 Å². The molecule has 3 fully saturated rings. The van der Waals surface area contributed by atoms with E-state index in [2.05, 4.69) is 31.0 Å². The predicted octanol–water partition coefficient (Wildman–Crippen LogP) is 2.30. The normalized spacial score (nSPS) is 33.8. The van der Waals surface area contributed by atoms with Gasteiger partial charge in [-0.2, -0.15) is 0 Å². The van der Waals surface area contributed by atoms with Gasteiger partial charge in [-0.15, -0.1) is 0 Å². The minimum absolute atomic E-state index is 0.160. The van der Waals surface area contributed by atoms with Crippen LogP contribution < -0.4 is 5.32 Å². The van der Waals surface area contributed by atoms with Crippen LogP contribution in [0.25, 0.3) is 0 Å². The van der Waals surface area contributed by atoms with Crippen LogP contribution in [0.3, 0.4) is 0 Å². The Labute approximate surface area is 165 Å². The first kappa shape index (κ1) is 20.9. The third kappa shape index (κ3) is 6.34. The van der Waals surface area contributed by atoms with Gasteiger partial charge in [0.25, 0.3) is 0 Å². The molecule has 3 rings (SSSR count). The Bertz CT molecular complexity index is 626. The molecule has 0 spiro atoms. The van der Waals surface area contributed by atoms with Crippen molar-refractivity contribution in [2.24, 2.45) is 22.2 Å². The number of aliphatic imine (C=N–C) groups is 1. The molecule has 3 saturated heterocycles. The first-order valence-electron chi connectivity index (χ1n) is 10.6. The second-order valence-corrected chi connectivity index (χ2v) is 11.9. The third-order valence-corrected chi connectivity index (χ3v) is 7.78. The Hall–Kier alpha value is -0.820. The van der Waals surface area contributed by atoms with Crippen molar-refractivity contribution < 1.29 is 13.2 Å². The van der Waals surface area contributed by atoms with Crippen LogP contribution in [0.5, 0.6) is 0 Å². The summed E-state index contributed by atoms with van der Waals surface area (Å²) in [6.07, 6.45) is 5.71. The molecule has 27 heavy (non-hydrogen) atoms. The molecule has 1 N–H and O–H groups in total. The lowest BCUT2D eigenvalue weighted by molar-refractivity contribution is 0.0187. The molecule has 3 atom stereocenters. The monoisotopic (exact) mass is 399 g/mol. The predicted molar refractivity (Wildman–Crippen MR) is 110 cm³/mol. The largest absolute Gasteiger partial charge is 0.376 e. The Morgan fingerprint density at radius 2 is 2.11 bits per heavy atom. The molecular weight excluding hydrogens is 362 g/mol. The summed E-state index contributed by atoms with van der Waals surface area (Å²) in [5, 5.41) is 3.56. The van der Waals surface area contributed by atoms with Gasteiger partial charge < -0.3 is 15.0 Å². The van der Waals surface area contributed by atoms with Crippen molar-refractivity contribution in [3.63, 3.8) is 0 Å². The SMILES string of the molecule is CC1CN(C(=NCC2CCS(=O)(=O)C2)NCC2CCCCO2)CC(C)(C)C1. The number of piperidine rings is 1. The van der Waals surface area contributed by atoms with Gasteiger partial charge in [-0.05, 0) is 49.4 Å². The fraction of sp³-hybridized carbons (Fsp3) is 0.950.